The molecule has 3 rings (SSSR count). The fourth-order valence-electron chi connectivity index (χ4n) is 2.98. The third-order valence-electron chi connectivity index (χ3n) is 4.38. The van der Waals surface area contributed by atoms with Crippen LogP contribution in [0.3, 0.4) is 0 Å². The Morgan fingerprint density at radius 1 is 1.22 bits per heavy atom. The van der Waals surface area contributed by atoms with Gasteiger partial charge in [0.05, 0.1) is 0 Å². The van der Waals surface area contributed by atoms with Crippen LogP contribution in [0.1, 0.15) is 36.9 Å². The van der Waals surface area contributed by atoms with Crippen molar-refractivity contribution in [2.24, 2.45) is 0 Å². The number of hydrogen-bond acceptors (Lipinski definition) is 7. The number of nitrogens with one attached hydrogen (secondary N) is 1. The molecule has 2 aromatic heterocycles. The summed E-state index contributed by atoms with van der Waals surface area (Å²) in [5.41, 5.74) is 0. The van der Waals surface area contributed by atoms with Crippen LogP contribution < -0.4 is 14.4 Å². The van der Waals surface area contributed by atoms with E-state index in [9.17, 15) is 8.42 Å². The molecule has 0 unspecified atom stereocenters. The lowest BCUT2D eigenvalue weighted by atomic mass is 10.1. The van der Waals surface area contributed by atoms with Crippen molar-refractivity contribution in [3.8, 4) is 5.88 Å². The Morgan fingerprint density at radius 2 is 2.00 bits per heavy atom. The van der Waals surface area contributed by atoms with Gasteiger partial charge in [0.15, 0.2) is 0 Å². The zero-order chi connectivity index (χ0) is 19.3. The number of anilines is 1. The third kappa shape index (κ3) is 5.40. The van der Waals surface area contributed by atoms with Crippen LogP contribution in [0, 0.1) is 6.92 Å². The van der Waals surface area contributed by atoms with Crippen LogP contribution in [0.5, 0.6) is 5.88 Å². The van der Waals surface area contributed by atoms with Gasteiger partial charge in [0.1, 0.15) is 22.5 Å². The fourth-order valence-corrected chi connectivity index (χ4v) is 5.33. The summed E-state index contributed by atoms with van der Waals surface area (Å²) in [7, 11) is -3.49. The lowest BCUT2D eigenvalue weighted by molar-refractivity contribution is 0.309. The van der Waals surface area contributed by atoms with Gasteiger partial charge in [-0.25, -0.2) is 18.1 Å². The maximum atomic E-state index is 12.3. The van der Waals surface area contributed by atoms with Gasteiger partial charge in [0.2, 0.25) is 15.9 Å². The van der Waals surface area contributed by atoms with E-state index in [1.54, 1.807) is 6.07 Å². The normalized spacial score (nSPS) is 15.1. The van der Waals surface area contributed by atoms with Crippen molar-refractivity contribution in [3.63, 3.8) is 0 Å². The van der Waals surface area contributed by atoms with Gasteiger partial charge in [-0.1, -0.05) is 6.92 Å². The van der Waals surface area contributed by atoms with E-state index in [2.05, 4.69) is 19.6 Å². The molecule has 0 bridgehead atoms. The van der Waals surface area contributed by atoms with Crippen molar-refractivity contribution in [3.05, 3.63) is 28.9 Å². The highest BCUT2D eigenvalue weighted by atomic mass is 32.2. The summed E-state index contributed by atoms with van der Waals surface area (Å²) < 4.78 is 33.2. The lowest BCUT2D eigenvalue weighted by Gasteiger charge is -2.28. The summed E-state index contributed by atoms with van der Waals surface area (Å²) in [6.45, 7) is 6.23. The Hall–Kier alpha value is -1.71. The summed E-state index contributed by atoms with van der Waals surface area (Å²) in [6.07, 6.45) is 4.43. The summed E-state index contributed by atoms with van der Waals surface area (Å²) in [5.74, 6) is 2.01. The third-order valence-corrected chi connectivity index (χ3v) is 7.56. The standard InChI is InChI=1S/C18H26N4O3S2/c1-3-15-7-8-18(26-15)27(23,24)19-9-12-25-17-13-16(20-14(2)21-17)22-10-5-4-6-11-22/h7-8,13,19H,3-6,9-12H2,1-2H3. The maximum Gasteiger partial charge on any atom is 0.250 e. The van der Waals surface area contributed by atoms with Crippen molar-refractivity contribution in [1.82, 2.24) is 14.7 Å². The number of aromatic nitrogens is 2. The molecule has 1 saturated heterocycles. The first kappa shape index (κ1) is 20.0. The van der Waals surface area contributed by atoms with Crippen LogP contribution in [-0.2, 0) is 16.4 Å². The number of ether oxygens (including phenoxy) is 1. The highest BCUT2D eigenvalue weighted by Crippen LogP contribution is 2.22. The van der Waals surface area contributed by atoms with Gasteiger partial charge in [0, 0.05) is 30.6 Å². The highest BCUT2D eigenvalue weighted by Gasteiger charge is 2.17. The molecule has 0 saturated carbocycles. The van der Waals surface area contributed by atoms with E-state index in [0.29, 0.717) is 15.9 Å². The summed E-state index contributed by atoms with van der Waals surface area (Å²) in [5, 5.41) is 0. The molecule has 0 spiro atoms. The summed E-state index contributed by atoms with van der Waals surface area (Å²) in [6, 6.07) is 5.33. The molecule has 148 valence electrons. The molecule has 0 amide bonds. The predicted octanol–water partition coefficient (Wildman–Crippen LogP) is 2.76. The second kappa shape index (κ2) is 8.99. The minimum Gasteiger partial charge on any atom is -0.476 e. The lowest BCUT2D eigenvalue weighted by Crippen LogP contribution is -2.30. The van der Waals surface area contributed by atoms with Crippen molar-refractivity contribution in [1.29, 1.82) is 0 Å². The summed E-state index contributed by atoms with van der Waals surface area (Å²) in [4.78, 5) is 12.1. The van der Waals surface area contributed by atoms with Gasteiger partial charge in [-0.15, -0.1) is 11.3 Å². The minimum atomic E-state index is -3.49. The van der Waals surface area contributed by atoms with E-state index < -0.39 is 10.0 Å². The molecule has 1 aliphatic rings. The molecular formula is C18H26N4O3S2. The van der Waals surface area contributed by atoms with E-state index in [4.69, 9.17) is 4.74 Å². The SMILES string of the molecule is CCc1ccc(S(=O)(=O)NCCOc2cc(N3CCCCC3)nc(C)n2)s1. The Labute approximate surface area is 164 Å². The monoisotopic (exact) mass is 410 g/mol. The van der Waals surface area contributed by atoms with Gasteiger partial charge in [-0.2, -0.15) is 4.98 Å². The Bertz CT molecular complexity index is 861. The number of hydrogen-bond donors (Lipinski definition) is 1. The van der Waals surface area contributed by atoms with Crippen LogP contribution in [0.4, 0.5) is 5.82 Å². The molecule has 3 heterocycles. The average molecular weight is 411 g/mol. The zero-order valence-electron chi connectivity index (χ0n) is 15.8. The van der Waals surface area contributed by atoms with Gasteiger partial charge < -0.3 is 9.64 Å². The van der Waals surface area contributed by atoms with Crippen LogP contribution in [-0.4, -0.2) is 44.6 Å². The van der Waals surface area contributed by atoms with Crippen LogP contribution >= 0.6 is 11.3 Å². The smallest absolute Gasteiger partial charge is 0.250 e. The molecule has 0 radical (unpaired) electrons. The van der Waals surface area contributed by atoms with Gasteiger partial charge in [-0.3, -0.25) is 0 Å². The molecule has 0 aliphatic carbocycles. The molecule has 9 heteroatoms. The number of nitrogens with zero attached hydrogens (tertiary/aromatic N) is 3. The summed E-state index contributed by atoms with van der Waals surface area (Å²) >= 11 is 1.30. The second-order valence-electron chi connectivity index (χ2n) is 6.48. The Kier molecular flexibility index (Phi) is 6.67. The Morgan fingerprint density at radius 3 is 2.70 bits per heavy atom. The number of aryl methyl sites for hydroxylation is 2. The fraction of sp³-hybridized carbons (Fsp3) is 0.556. The largest absolute Gasteiger partial charge is 0.476 e. The molecule has 1 fully saturated rings. The van der Waals surface area contributed by atoms with Crippen LogP contribution in [0.15, 0.2) is 22.4 Å². The molecular weight excluding hydrogens is 384 g/mol. The van der Waals surface area contributed by atoms with Gasteiger partial charge >= 0.3 is 0 Å². The Balaban J connectivity index is 1.54. The van der Waals surface area contributed by atoms with Crippen LogP contribution in [0.2, 0.25) is 0 Å². The van der Waals surface area contributed by atoms with Gasteiger partial charge in [-0.05, 0) is 44.7 Å². The highest BCUT2D eigenvalue weighted by molar-refractivity contribution is 7.91. The molecule has 0 atom stereocenters. The molecule has 7 nitrogen and oxygen atoms in total. The van der Waals surface area contributed by atoms with Crippen molar-refractivity contribution in [2.75, 3.05) is 31.1 Å². The van der Waals surface area contributed by atoms with E-state index in [1.165, 1.54) is 30.6 Å². The van der Waals surface area contributed by atoms with Crippen molar-refractivity contribution in [2.45, 2.75) is 43.7 Å². The first-order chi connectivity index (χ1) is 13.0. The first-order valence-electron chi connectivity index (χ1n) is 9.30. The molecule has 27 heavy (non-hydrogen) atoms. The average Bonchev–Trinajstić information content (AvgIpc) is 3.16. The number of piperidine rings is 1. The molecule has 1 N–H and O–H groups in total. The first-order valence-corrected chi connectivity index (χ1v) is 11.6. The number of rotatable bonds is 8. The second-order valence-corrected chi connectivity index (χ2v) is 9.64. The quantitative estimate of drug-likeness (QED) is 0.674. The maximum absolute atomic E-state index is 12.3. The van der Waals surface area contributed by atoms with E-state index in [0.717, 1.165) is 30.2 Å². The molecule has 2 aromatic rings. The molecule has 1 aliphatic heterocycles. The van der Waals surface area contributed by atoms with Gasteiger partial charge in [0.25, 0.3) is 0 Å². The number of thiophene rings is 1. The van der Waals surface area contributed by atoms with Crippen molar-refractivity contribution < 1.29 is 13.2 Å². The predicted molar refractivity (Wildman–Crippen MR) is 107 cm³/mol. The van der Waals surface area contributed by atoms with E-state index >= 15 is 0 Å². The van der Waals surface area contributed by atoms with Crippen LogP contribution in [0.25, 0.3) is 0 Å². The zero-order valence-corrected chi connectivity index (χ0v) is 17.4. The number of sulfonamides is 1. The van der Waals surface area contributed by atoms with E-state index in [1.807, 2.05) is 26.0 Å². The molecule has 0 aromatic carbocycles. The van der Waals surface area contributed by atoms with E-state index in [-0.39, 0.29) is 13.2 Å². The topological polar surface area (TPSA) is 84.4 Å². The minimum absolute atomic E-state index is 0.184. The van der Waals surface area contributed by atoms with Crippen molar-refractivity contribution >= 4 is 27.2 Å².